The summed E-state index contributed by atoms with van der Waals surface area (Å²) in [6.45, 7) is 10.8. The van der Waals surface area contributed by atoms with Gasteiger partial charge in [-0.2, -0.15) is 0 Å². The number of nitrogens with one attached hydrogen (secondary N) is 4. The topological polar surface area (TPSA) is 144 Å². The largest absolute Gasteiger partial charge is 0.468 e. The van der Waals surface area contributed by atoms with E-state index in [0.717, 1.165) is 5.56 Å². The van der Waals surface area contributed by atoms with Crippen molar-refractivity contribution in [3.63, 3.8) is 0 Å². The third kappa shape index (κ3) is 12.4. The number of ether oxygens (including phenoxy) is 3. The first-order chi connectivity index (χ1) is 17.8. The van der Waals surface area contributed by atoms with E-state index in [-0.39, 0.29) is 19.1 Å². The molecule has 0 aliphatic rings. The summed E-state index contributed by atoms with van der Waals surface area (Å²) in [5, 5.41) is 10.8. The highest BCUT2D eigenvalue weighted by atomic mass is 16.6. The highest BCUT2D eigenvalue weighted by molar-refractivity contribution is 5.90. The third-order valence-corrected chi connectivity index (χ3v) is 5.41. The lowest BCUT2D eigenvalue weighted by Gasteiger charge is -2.29. The number of likely N-dealkylation sites (N-methyl/N-ethyl adjacent to an activating group) is 1. The van der Waals surface area contributed by atoms with Crippen molar-refractivity contribution in [2.45, 2.75) is 84.4 Å². The number of esters is 1. The van der Waals surface area contributed by atoms with Crippen molar-refractivity contribution in [1.29, 1.82) is 0 Å². The zero-order chi connectivity index (χ0) is 28.9. The van der Waals surface area contributed by atoms with Gasteiger partial charge in [0.25, 0.3) is 0 Å². The van der Waals surface area contributed by atoms with E-state index in [0.29, 0.717) is 6.42 Å². The molecule has 0 unspecified atom stereocenters. The molecule has 214 valence electrons. The standard InChI is InChI=1S/C27H44N4O7/c1-17(2)14-20(30-21(25(34)36-8)15-29-26(35)38-27(4,5)6)23(32)31-22(24(33)28-7)18(3)37-16-19-12-10-9-11-13-19/h9-13,17-18,20-22,30H,14-16H2,1-8H3,(H,28,33)(H,29,35)(H,31,32)/t18-,20+,21-,22+/m1/s1. The number of carbonyl (C=O) groups is 4. The SMILES string of the molecule is CNC(=O)[C@@H](NC(=O)[C@H](CC(C)C)N[C@H](CNC(=O)OC(C)(C)C)C(=O)OC)[C@@H](C)OCc1ccccc1. The fraction of sp³-hybridized carbons (Fsp3) is 0.630. The number of hydrogen-bond donors (Lipinski definition) is 4. The van der Waals surface area contributed by atoms with Gasteiger partial charge in [0.2, 0.25) is 11.8 Å². The Kier molecular flexibility index (Phi) is 13.8. The molecule has 3 amide bonds. The van der Waals surface area contributed by atoms with Gasteiger partial charge in [0, 0.05) is 13.6 Å². The molecule has 0 heterocycles. The molecule has 0 aliphatic carbocycles. The summed E-state index contributed by atoms with van der Waals surface area (Å²) < 4.78 is 16.0. The van der Waals surface area contributed by atoms with Crippen LogP contribution in [0.2, 0.25) is 0 Å². The second-order valence-electron chi connectivity index (χ2n) is 10.4. The highest BCUT2D eigenvalue weighted by Crippen LogP contribution is 2.11. The van der Waals surface area contributed by atoms with E-state index in [4.69, 9.17) is 14.2 Å². The van der Waals surface area contributed by atoms with Gasteiger partial charge in [-0.25, -0.2) is 4.79 Å². The number of amides is 3. The average Bonchev–Trinajstić information content (AvgIpc) is 2.85. The highest BCUT2D eigenvalue weighted by Gasteiger charge is 2.33. The molecule has 4 N–H and O–H groups in total. The van der Waals surface area contributed by atoms with Crippen molar-refractivity contribution >= 4 is 23.9 Å². The summed E-state index contributed by atoms with van der Waals surface area (Å²) in [5.74, 6) is -1.50. The van der Waals surface area contributed by atoms with Gasteiger partial charge in [-0.3, -0.25) is 19.7 Å². The van der Waals surface area contributed by atoms with Gasteiger partial charge in [0.1, 0.15) is 17.7 Å². The summed E-state index contributed by atoms with van der Waals surface area (Å²) in [4.78, 5) is 50.6. The Morgan fingerprint density at radius 3 is 2.11 bits per heavy atom. The van der Waals surface area contributed by atoms with Gasteiger partial charge in [-0.05, 0) is 45.6 Å². The van der Waals surface area contributed by atoms with E-state index in [2.05, 4.69) is 21.3 Å². The van der Waals surface area contributed by atoms with Crippen LogP contribution in [0.4, 0.5) is 4.79 Å². The molecule has 11 nitrogen and oxygen atoms in total. The van der Waals surface area contributed by atoms with E-state index in [1.165, 1.54) is 14.2 Å². The molecular weight excluding hydrogens is 492 g/mol. The van der Waals surface area contributed by atoms with E-state index in [9.17, 15) is 19.2 Å². The molecule has 0 radical (unpaired) electrons. The fourth-order valence-electron chi connectivity index (χ4n) is 3.52. The smallest absolute Gasteiger partial charge is 0.407 e. The van der Waals surface area contributed by atoms with Gasteiger partial charge in [0.15, 0.2) is 0 Å². The molecule has 0 aromatic heterocycles. The second kappa shape index (κ2) is 15.9. The lowest BCUT2D eigenvalue weighted by molar-refractivity contribution is -0.143. The Morgan fingerprint density at radius 2 is 1.58 bits per heavy atom. The monoisotopic (exact) mass is 536 g/mol. The molecule has 0 saturated carbocycles. The van der Waals surface area contributed by atoms with E-state index < -0.39 is 53.7 Å². The van der Waals surface area contributed by atoms with Crippen molar-refractivity contribution in [1.82, 2.24) is 21.3 Å². The maximum absolute atomic E-state index is 13.4. The summed E-state index contributed by atoms with van der Waals surface area (Å²) in [5.41, 5.74) is 0.214. The Balaban J connectivity index is 2.99. The Labute approximate surface area is 225 Å². The molecule has 0 fully saturated rings. The predicted molar refractivity (Wildman–Crippen MR) is 143 cm³/mol. The summed E-state index contributed by atoms with van der Waals surface area (Å²) in [6, 6.07) is 6.59. The van der Waals surface area contributed by atoms with Gasteiger partial charge in [-0.15, -0.1) is 0 Å². The van der Waals surface area contributed by atoms with Crippen LogP contribution in [0.25, 0.3) is 0 Å². The minimum Gasteiger partial charge on any atom is -0.468 e. The van der Waals surface area contributed by atoms with Crippen LogP contribution in [0.15, 0.2) is 30.3 Å². The van der Waals surface area contributed by atoms with Crippen LogP contribution >= 0.6 is 0 Å². The first-order valence-corrected chi connectivity index (χ1v) is 12.8. The third-order valence-electron chi connectivity index (χ3n) is 5.41. The zero-order valence-corrected chi connectivity index (χ0v) is 23.8. The van der Waals surface area contributed by atoms with Crippen LogP contribution in [0.1, 0.15) is 53.5 Å². The molecule has 0 bridgehead atoms. The normalized spacial score (nSPS) is 14.6. The zero-order valence-electron chi connectivity index (χ0n) is 23.8. The number of benzene rings is 1. The number of alkyl carbamates (subject to hydrolysis) is 1. The minimum atomic E-state index is -1.03. The molecule has 1 rings (SSSR count). The lowest BCUT2D eigenvalue weighted by atomic mass is 10.0. The molecule has 4 atom stereocenters. The van der Waals surface area contributed by atoms with Gasteiger partial charge in [-0.1, -0.05) is 44.2 Å². The van der Waals surface area contributed by atoms with Crippen molar-refractivity contribution in [2.75, 3.05) is 20.7 Å². The van der Waals surface area contributed by atoms with Gasteiger partial charge >= 0.3 is 12.1 Å². The maximum atomic E-state index is 13.4. The second-order valence-corrected chi connectivity index (χ2v) is 10.4. The molecule has 11 heteroatoms. The van der Waals surface area contributed by atoms with Gasteiger partial charge < -0.3 is 30.2 Å². The minimum absolute atomic E-state index is 0.0700. The van der Waals surface area contributed by atoms with E-state index >= 15 is 0 Å². The van der Waals surface area contributed by atoms with E-state index in [1.54, 1.807) is 27.7 Å². The number of methoxy groups -OCH3 is 1. The van der Waals surface area contributed by atoms with Crippen molar-refractivity contribution in [3.8, 4) is 0 Å². The Hall–Kier alpha value is -3.18. The molecule has 0 spiro atoms. The summed E-state index contributed by atoms with van der Waals surface area (Å²) in [7, 11) is 2.69. The Morgan fingerprint density at radius 1 is 0.947 bits per heavy atom. The fourth-order valence-corrected chi connectivity index (χ4v) is 3.52. The number of hydrogen-bond acceptors (Lipinski definition) is 8. The van der Waals surface area contributed by atoms with Crippen LogP contribution in [-0.2, 0) is 35.2 Å². The first kappa shape index (κ1) is 32.8. The molecular formula is C27H44N4O7. The molecule has 1 aromatic carbocycles. The quantitative estimate of drug-likeness (QED) is 0.264. The lowest BCUT2D eigenvalue weighted by Crippen LogP contribution is -2.60. The summed E-state index contributed by atoms with van der Waals surface area (Å²) in [6.07, 6.45) is -1.00. The average molecular weight is 537 g/mol. The number of rotatable bonds is 14. The van der Waals surface area contributed by atoms with Crippen molar-refractivity contribution in [3.05, 3.63) is 35.9 Å². The van der Waals surface area contributed by atoms with Gasteiger partial charge in [0.05, 0.1) is 25.9 Å². The van der Waals surface area contributed by atoms with Crippen LogP contribution < -0.4 is 21.3 Å². The number of carbonyl (C=O) groups excluding carboxylic acids is 4. The summed E-state index contributed by atoms with van der Waals surface area (Å²) >= 11 is 0. The van der Waals surface area contributed by atoms with Crippen LogP contribution in [-0.4, -0.2) is 74.4 Å². The molecule has 0 aliphatic heterocycles. The van der Waals surface area contributed by atoms with Crippen LogP contribution in [0.5, 0.6) is 0 Å². The maximum Gasteiger partial charge on any atom is 0.407 e. The first-order valence-electron chi connectivity index (χ1n) is 12.8. The van der Waals surface area contributed by atoms with E-state index in [1.807, 2.05) is 44.2 Å². The van der Waals surface area contributed by atoms with Crippen molar-refractivity contribution < 1.29 is 33.4 Å². The molecule has 1 aromatic rings. The molecule has 38 heavy (non-hydrogen) atoms. The Bertz CT molecular complexity index is 902. The van der Waals surface area contributed by atoms with Crippen molar-refractivity contribution in [2.24, 2.45) is 5.92 Å². The molecule has 0 saturated heterocycles. The predicted octanol–water partition coefficient (Wildman–Crippen LogP) is 1.89. The van der Waals surface area contributed by atoms with Crippen LogP contribution in [0.3, 0.4) is 0 Å². The van der Waals surface area contributed by atoms with Crippen LogP contribution in [0, 0.1) is 5.92 Å².